The first-order valence-corrected chi connectivity index (χ1v) is 11.0. The van der Waals surface area contributed by atoms with Crippen molar-refractivity contribution in [2.24, 2.45) is 5.92 Å². The number of carbonyl (C=O) groups is 1. The summed E-state index contributed by atoms with van der Waals surface area (Å²) in [6.45, 7) is 1.52. The van der Waals surface area contributed by atoms with E-state index in [0.717, 1.165) is 29.0 Å². The lowest BCUT2D eigenvalue weighted by molar-refractivity contribution is -0.143. The van der Waals surface area contributed by atoms with Gasteiger partial charge in [0.25, 0.3) is 0 Å². The van der Waals surface area contributed by atoms with E-state index in [1.165, 1.54) is 0 Å². The maximum absolute atomic E-state index is 12.6. The van der Waals surface area contributed by atoms with E-state index in [1.54, 1.807) is 13.3 Å². The Balaban J connectivity index is 1.49. The highest BCUT2D eigenvalue weighted by Gasteiger charge is 2.47. The highest BCUT2D eigenvalue weighted by Crippen LogP contribution is 2.47. The highest BCUT2D eigenvalue weighted by atomic mass is 16.7. The number of methoxy groups -OCH3 is 1. The molecule has 170 valence electrons. The van der Waals surface area contributed by atoms with Crippen LogP contribution in [-0.2, 0) is 11.2 Å². The summed E-state index contributed by atoms with van der Waals surface area (Å²) in [6, 6.07) is 19.1. The first kappa shape index (κ1) is 21.3. The molecule has 3 atom stereocenters. The number of pyridine rings is 1. The SMILES string of the molecule is COc1ccc([C@@H]2[C@@H](C(=O)O)[C@@H](c3ccc4c(c3)OCO4)CN2CCc2ccccn2)cc1. The lowest BCUT2D eigenvalue weighted by atomic mass is 9.82. The molecule has 1 fully saturated rings. The lowest BCUT2D eigenvalue weighted by Crippen LogP contribution is -2.30. The minimum Gasteiger partial charge on any atom is -0.497 e. The molecule has 0 radical (unpaired) electrons. The number of aliphatic carboxylic acids is 1. The molecule has 7 heteroatoms. The van der Waals surface area contributed by atoms with Gasteiger partial charge in [-0.25, -0.2) is 0 Å². The largest absolute Gasteiger partial charge is 0.497 e. The summed E-state index contributed by atoms with van der Waals surface area (Å²) < 4.78 is 16.3. The number of ether oxygens (including phenoxy) is 3. The van der Waals surface area contributed by atoms with E-state index in [9.17, 15) is 9.90 Å². The number of carboxylic acid groups (broad SMARTS) is 1. The van der Waals surface area contributed by atoms with Crippen LogP contribution in [0, 0.1) is 5.92 Å². The van der Waals surface area contributed by atoms with Gasteiger partial charge in [0.15, 0.2) is 11.5 Å². The summed E-state index contributed by atoms with van der Waals surface area (Å²) in [5.41, 5.74) is 2.90. The third-order valence-corrected chi connectivity index (χ3v) is 6.55. The fourth-order valence-electron chi connectivity index (χ4n) is 4.94. The minimum atomic E-state index is -0.807. The third-order valence-electron chi connectivity index (χ3n) is 6.55. The molecule has 5 rings (SSSR count). The van der Waals surface area contributed by atoms with Gasteiger partial charge in [0.1, 0.15) is 5.75 Å². The van der Waals surface area contributed by atoms with Crippen molar-refractivity contribution in [3.8, 4) is 17.2 Å². The number of benzene rings is 2. The first-order chi connectivity index (χ1) is 16.1. The second kappa shape index (κ2) is 9.11. The van der Waals surface area contributed by atoms with Crippen LogP contribution >= 0.6 is 0 Å². The quantitative estimate of drug-likeness (QED) is 0.589. The topological polar surface area (TPSA) is 81.1 Å². The average molecular weight is 447 g/mol. The second-order valence-electron chi connectivity index (χ2n) is 8.37. The number of hydrogen-bond acceptors (Lipinski definition) is 6. The van der Waals surface area contributed by atoms with Crippen LogP contribution < -0.4 is 14.2 Å². The summed E-state index contributed by atoms with van der Waals surface area (Å²) in [4.78, 5) is 19.3. The van der Waals surface area contributed by atoms with Crippen molar-refractivity contribution in [3.63, 3.8) is 0 Å². The first-order valence-electron chi connectivity index (χ1n) is 11.0. The Bertz CT molecular complexity index is 1120. The molecule has 3 aromatic rings. The molecule has 2 aliphatic heterocycles. The number of fused-ring (bicyclic) bond motifs is 1. The van der Waals surface area contributed by atoms with Crippen molar-refractivity contribution in [2.75, 3.05) is 27.0 Å². The van der Waals surface area contributed by atoms with Crippen LogP contribution in [0.1, 0.15) is 28.8 Å². The van der Waals surface area contributed by atoms with Gasteiger partial charge in [-0.1, -0.05) is 24.3 Å². The molecule has 0 unspecified atom stereocenters. The van der Waals surface area contributed by atoms with E-state index in [2.05, 4.69) is 9.88 Å². The molecule has 3 heterocycles. The normalized spacial score (nSPS) is 21.8. The Labute approximate surface area is 192 Å². The van der Waals surface area contributed by atoms with Crippen LogP contribution in [0.3, 0.4) is 0 Å². The van der Waals surface area contributed by atoms with Crippen molar-refractivity contribution in [2.45, 2.75) is 18.4 Å². The predicted octanol–water partition coefficient (Wildman–Crippen LogP) is 3.90. The predicted molar refractivity (Wildman–Crippen MR) is 122 cm³/mol. The fourth-order valence-corrected chi connectivity index (χ4v) is 4.94. The van der Waals surface area contributed by atoms with Crippen molar-refractivity contribution in [1.29, 1.82) is 0 Å². The number of rotatable bonds is 7. The van der Waals surface area contributed by atoms with Crippen LogP contribution in [0.5, 0.6) is 17.2 Å². The Morgan fingerprint density at radius 3 is 2.61 bits per heavy atom. The summed E-state index contributed by atoms with van der Waals surface area (Å²) in [5, 5.41) is 10.4. The zero-order valence-electron chi connectivity index (χ0n) is 18.4. The number of carboxylic acids is 1. The summed E-state index contributed by atoms with van der Waals surface area (Å²) in [5.74, 6) is 0.511. The van der Waals surface area contributed by atoms with Crippen molar-refractivity contribution in [3.05, 3.63) is 83.7 Å². The second-order valence-corrected chi connectivity index (χ2v) is 8.37. The van der Waals surface area contributed by atoms with Gasteiger partial charge in [0, 0.05) is 43.4 Å². The van der Waals surface area contributed by atoms with Crippen LogP contribution in [-0.4, -0.2) is 48.0 Å². The molecule has 2 aromatic carbocycles. The molecular weight excluding hydrogens is 420 g/mol. The molecule has 0 saturated carbocycles. The number of hydrogen-bond donors (Lipinski definition) is 1. The Hall–Kier alpha value is -3.58. The van der Waals surface area contributed by atoms with Gasteiger partial charge < -0.3 is 19.3 Å². The number of aromatic nitrogens is 1. The van der Waals surface area contributed by atoms with E-state index in [1.807, 2.05) is 60.7 Å². The van der Waals surface area contributed by atoms with Gasteiger partial charge >= 0.3 is 5.97 Å². The van der Waals surface area contributed by atoms with Gasteiger partial charge in [0.2, 0.25) is 6.79 Å². The van der Waals surface area contributed by atoms with Crippen LogP contribution in [0.15, 0.2) is 66.9 Å². The zero-order chi connectivity index (χ0) is 22.8. The van der Waals surface area contributed by atoms with E-state index < -0.39 is 11.9 Å². The smallest absolute Gasteiger partial charge is 0.309 e. The van der Waals surface area contributed by atoms with Crippen molar-refractivity contribution in [1.82, 2.24) is 9.88 Å². The highest BCUT2D eigenvalue weighted by molar-refractivity contribution is 5.74. The zero-order valence-corrected chi connectivity index (χ0v) is 18.4. The number of likely N-dealkylation sites (tertiary alicyclic amines) is 1. The molecule has 33 heavy (non-hydrogen) atoms. The van der Waals surface area contributed by atoms with Gasteiger partial charge in [-0.3, -0.25) is 14.7 Å². The fraction of sp³-hybridized carbons (Fsp3) is 0.308. The van der Waals surface area contributed by atoms with Gasteiger partial charge in [-0.15, -0.1) is 0 Å². The maximum atomic E-state index is 12.6. The lowest BCUT2D eigenvalue weighted by Gasteiger charge is -2.27. The molecule has 7 nitrogen and oxygen atoms in total. The van der Waals surface area contributed by atoms with Gasteiger partial charge in [-0.05, 0) is 47.5 Å². The molecule has 0 aliphatic carbocycles. The van der Waals surface area contributed by atoms with Gasteiger partial charge in [-0.2, -0.15) is 0 Å². The van der Waals surface area contributed by atoms with Gasteiger partial charge in [0.05, 0.1) is 13.0 Å². The van der Waals surface area contributed by atoms with Crippen LogP contribution in [0.2, 0.25) is 0 Å². The molecule has 2 aliphatic rings. The minimum absolute atomic E-state index is 0.187. The standard InChI is InChI=1S/C26H26N2O5/c1-31-20-8-5-17(6-9-20)25-24(26(29)30)21(18-7-10-22-23(14-18)33-16-32-22)15-28(25)13-11-19-4-2-3-12-27-19/h2-10,12,14,21,24-25H,11,13,15-16H2,1H3,(H,29,30)/t21-,24+,25-/m1/s1. The van der Waals surface area contributed by atoms with E-state index in [0.29, 0.717) is 24.6 Å². The molecule has 0 bridgehead atoms. The summed E-state index contributed by atoms with van der Waals surface area (Å²) in [7, 11) is 1.62. The maximum Gasteiger partial charge on any atom is 0.309 e. The molecule has 0 amide bonds. The van der Waals surface area contributed by atoms with Crippen molar-refractivity contribution < 1.29 is 24.1 Å². The Kier molecular flexibility index (Phi) is 5.88. The third kappa shape index (κ3) is 4.24. The molecule has 1 aromatic heterocycles. The van der Waals surface area contributed by atoms with Crippen LogP contribution in [0.4, 0.5) is 0 Å². The van der Waals surface area contributed by atoms with E-state index in [-0.39, 0.29) is 18.8 Å². The molecule has 1 N–H and O–H groups in total. The summed E-state index contributed by atoms with van der Waals surface area (Å²) in [6.07, 6.45) is 2.53. The Morgan fingerprint density at radius 1 is 1.09 bits per heavy atom. The average Bonchev–Trinajstić information content (AvgIpc) is 3.47. The molecule has 1 saturated heterocycles. The molecular formula is C26H26N2O5. The summed E-state index contributed by atoms with van der Waals surface area (Å²) >= 11 is 0. The van der Waals surface area contributed by atoms with Crippen LogP contribution in [0.25, 0.3) is 0 Å². The van der Waals surface area contributed by atoms with Crippen molar-refractivity contribution >= 4 is 5.97 Å². The van der Waals surface area contributed by atoms with E-state index >= 15 is 0 Å². The monoisotopic (exact) mass is 446 g/mol. The Morgan fingerprint density at radius 2 is 1.88 bits per heavy atom. The van der Waals surface area contributed by atoms with E-state index in [4.69, 9.17) is 14.2 Å². The number of nitrogens with zero attached hydrogens (tertiary/aromatic N) is 2. The molecule has 0 spiro atoms.